The van der Waals surface area contributed by atoms with Gasteiger partial charge >= 0.3 is 0 Å². The summed E-state index contributed by atoms with van der Waals surface area (Å²) in [7, 11) is 0. The van der Waals surface area contributed by atoms with Gasteiger partial charge in [-0.05, 0) is 31.2 Å². The van der Waals surface area contributed by atoms with Crippen LogP contribution in [-0.4, -0.2) is 15.7 Å². The molecule has 0 unspecified atom stereocenters. The van der Waals surface area contributed by atoms with Crippen molar-refractivity contribution in [2.45, 2.75) is 30.8 Å². The molecule has 0 aromatic carbocycles. The van der Waals surface area contributed by atoms with Crippen LogP contribution in [0.2, 0.25) is 0 Å². The highest BCUT2D eigenvalue weighted by atomic mass is 32.2. The molecule has 0 saturated carbocycles. The number of nitrogen functional groups attached to an aromatic ring is 1. The van der Waals surface area contributed by atoms with Crippen LogP contribution in [0.15, 0.2) is 5.16 Å². The van der Waals surface area contributed by atoms with Crippen molar-refractivity contribution in [3.63, 3.8) is 0 Å². The van der Waals surface area contributed by atoms with Crippen LogP contribution in [0.1, 0.15) is 23.3 Å². The van der Waals surface area contributed by atoms with E-state index in [-0.39, 0.29) is 0 Å². The fraction of sp³-hybridized carbons (Fsp3) is 0.417. The molecule has 2 heterocycles. The Hall–Kier alpha value is -1.32. The third-order valence-corrected chi connectivity index (χ3v) is 4.99. The minimum atomic E-state index is 0.357. The summed E-state index contributed by atoms with van der Waals surface area (Å²) in [6, 6.07) is 2.08. The van der Waals surface area contributed by atoms with E-state index in [2.05, 4.69) is 16.0 Å². The van der Waals surface area contributed by atoms with Gasteiger partial charge in [0.25, 0.3) is 0 Å². The monoisotopic (exact) mass is 276 g/mol. The lowest BCUT2D eigenvalue weighted by molar-refractivity contribution is 0.700. The molecule has 0 bridgehead atoms. The van der Waals surface area contributed by atoms with Crippen molar-refractivity contribution in [1.29, 1.82) is 5.26 Å². The summed E-state index contributed by atoms with van der Waals surface area (Å²) in [5, 5.41) is 10.3. The molecule has 2 aromatic rings. The molecule has 6 heteroatoms. The summed E-state index contributed by atoms with van der Waals surface area (Å²) >= 11 is 3.07. The Morgan fingerprint density at radius 1 is 1.33 bits per heavy atom. The van der Waals surface area contributed by atoms with Crippen molar-refractivity contribution in [1.82, 2.24) is 9.97 Å². The van der Waals surface area contributed by atoms with Crippen molar-refractivity contribution >= 4 is 39.1 Å². The zero-order chi connectivity index (χ0) is 12.5. The van der Waals surface area contributed by atoms with Crippen LogP contribution < -0.4 is 5.73 Å². The highest BCUT2D eigenvalue weighted by Crippen LogP contribution is 2.38. The van der Waals surface area contributed by atoms with E-state index in [1.165, 1.54) is 35.0 Å². The first-order valence-corrected chi connectivity index (χ1v) is 7.67. The number of rotatable bonds is 2. The summed E-state index contributed by atoms with van der Waals surface area (Å²) in [6.07, 6.45) is 4.70. The van der Waals surface area contributed by atoms with E-state index in [9.17, 15) is 0 Å². The molecule has 92 valence electrons. The van der Waals surface area contributed by atoms with Crippen molar-refractivity contribution in [2.75, 3.05) is 11.5 Å². The fourth-order valence-corrected chi connectivity index (χ4v) is 4.17. The topological polar surface area (TPSA) is 75.6 Å². The average molecular weight is 276 g/mol. The van der Waals surface area contributed by atoms with Gasteiger partial charge in [-0.1, -0.05) is 11.8 Å². The molecule has 2 N–H and O–H groups in total. The SMILES string of the molecule is N#CCSc1nc(N)c2c3c(sc2n1)CCCC3. The third kappa shape index (κ3) is 1.93. The first kappa shape index (κ1) is 11.8. The predicted octanol–water partition coefficient (Wildman–Crippen LogP) is 2.77. The lowest BCUT2D eigenvalue weighted by Crippen LogP contribution is -2.01. The summed E-state index contributed by atoms with van der Waals surface area (Å²) in [5.74, 6) is 0.926. The average Bonchev–Trinajstić information content (AvgIpc) is 2.74. The maximum Gasteiger partial charge on any atom is 0.191 e. The standard InChI is InChI=1S/C12H12N4S2/c13-5-6-17-12-15-10(14)9-7-3-1-2-4-8(7)18-11(9)16-12/h1-4,6H2,(H2,14,15,16). The molecule has 2 aromatic heterocycles. The zero-order valence-corrected chi connectivity index (χ0v) is 11.4. The van der Waals surface area contributed by atoms with Gasteiger partial charge in [0.1, 0.15) is 10.6 Å². The van der Waals surface area contributed by atoms with Crippen molar-refractivity contribution in [2.24, 2.45) is 0 Å². The van der Waals surface area contributed by atoms with E-state index in [0.717, 1.165) is 23.1 Å². The molecule has 18 heavy (non-hydrogen) atoms. The number of fused-ring (bicyclic) bond motifs is 3. The Morgan fingerprint density at radius 2 is 2.17 bits per heavy atom. The van der Waals surface area contributed by atoms with Gasteiger partial charge in [-0.25, -0.2) is 9.97 Å². The molecule has 0 amide bonds. The van der Waals surface area contributed by atoms with Gasteiger partial charge in [-0.15, -0.1) is 11.3 Å². The van der Waals surface area contributed by atoms with E-state index < -0.39 is 0 Å². The van der Waals surface area contributed by atoms with Gasteiger partial charge in [0.05, 0.1) is 17.2 Å². The van der Waals surface area contributed by atoms with Crippen molar-refractivity contribution in [3.8, 4) is 6.07 Å². The van der Waals surface area contributed by atoms with E-state index >= 15 is 0 Å². The van der Waals surface area contributed by atoms with Crippen molar-refractivity contribution in [3.05, 3.63) is 10.4 Å². The molecular formula is C12H12N4S2. The van der Waals surface area contributed by atoms with Crippen LogP contribution in [0.4, 0.5) is 5.82 Å². The number of hydrogen-bond donors (Lipinski definition) is 1. The Balaban J connectivity index is 2.11. The van der Waals surface area contributed by atoms with Crippen LogP contribution in [0.3, 0.4) is 0 Å². The summed E-state index contributed by atoms with van der Waals surface area (Å²) in [5.41, 5.74) is 7.41. The Bertz CT molecular complexity index is 642. The highest BCUT2D eigenvalue weighted by Gasteiger charge is 2.19. The van der Waals surface area contributed by atoms with E-state index in [0.29, 0.717) is 16.7 Å². The van der Waals surface area contributed by atoms with Gasteiger partial charge in [0.2, 0.25) is 0 Å². The molecule has 0 fully saturated rings. The van der Waals surface area contributed by atoms with Gasteiger partial charge in [-0.3, -0.25) is 0 Å². The lowest BCUT2D eigenvalue weighted by atomic mass is 9.97. The maximum atomic E-state index is 8.59. The van der Waals surface area contributed by atoms with Crippen LogP contribution in [-0.2, 0) is 12.8 Å². The van der Waals surface area contributed by atoms with Crippen LogP contribution in [0.5, 0.6) is 0 Å². The number of thiophene rings is 1. The summed E-state index contributed by atoms with van der Waals surface area (Å²) < 4.78 is 0. The van der Waals surface area contributed by atoms with Gasteiger partial charge in [0, 0.05) is 4.88 Å². The number of nitrogens with zero attached hydrogens (tertiary/aromatic N) is 3. The molecule has 0 atom stereocenters. The molecule has 0 radical (unpaired) electrons. The summed E-state index contributed by atoms with van der Waals surface area (Å²) in [6.45, 7) is 0. The van der Waals surface area contributed by atoms with Crippen LogP contribution >= 0.6 is 23.1 Å². The first-order valence-electron chi connectivity index (χ1n) is 5.87. The molecule has 0 spiro atoms. The highest BCUT2D eigenvalue weighted by molar-refractivity contribution is 7.99. The molecule has 0 aliphatic heterocycles. The Morgan fingerprint density at radius 3 is 3.00 bits per heavy atom. The maximum absolute atomic E-state index is 8.59. The van der Waals surface area contributed by atoms with Gasteiger partial charge in [-0.2, -0.15) is 5.26 Å². The zero-order valence-electron chi connectivity index (χ0n) is 9.77. The normalized spacial score (nSPS) is 14.4. The number of aryl methyl sites for hydroxylation is 2. The van der Waals surface area contributed by atoms with E-state index in [4.69, 9.17) is 11.0 Å². The number of thioether (sulfide) groups is 1. The van der Waals surface area contributed by atoms with Crippen LogP contribution in [0, 0.1) is 11.3 Å². The third-order valence-electron chi connectivity index (χ3n) is 3.09. The number of hydrogen-bond acceptors (Lipinski definition) is 6. The minimum Gasteiger partial charge on any atom is -0.383 e. The molecular weight excluding hydrogens is 264 g/mol. The molecule has 1 aliphatic rings. The van der Waals surface area contributed by atoms with Crippen LogP contribution in [0.25, 0.3) is 10.2 Å². The van der Waals surface area contributed by atoms with Gasteiger partial charge < -0.3 is 5.73 Å². The molecule has 4 nitrogen and oxygen atoms in total. The quantitative estimate of drug-likeness (QED) is 0.674. The Kier molecular flexibility index (Phi) is 3.10. The van der Waals surface area contributed by atoms with Gasteiger partial charge in [0.15, 0.2) is 5.16 Å². The van der Waals surface area contributed by atoms with Crippen molar-refractivity contribution < 1.29 is 0 Å². The van der Waals surface area contributed by atoms with E-state index in [1.54, 1.807) is 11.3 Å². The molecule has 3 rings (SSSR count). The second-order valence-corrected chi connectivity index (χ2v) is 6.26. The number of aromatic nitrogens is 2. The predicted molar refractivity (Wildman–Crippen MR) is 74.8 cm³/mol. The second kappa shape index (κ2) is 4.75. The minimum absolute atomic E-state index is 0.357. The molecule has 0 saturated heterocycles. The summed E-state index contributed by atoms with van der Waals surface area (Å²) in [4.78, 5) is 11.2. The smallest absolute Gasteiger partial charge is 0.191 e. The fourth-order valence-electron chi connectivity index (χ4n) is 2.33. The number of nitrogens with two attached hydrogens (primary N) is 1. The Labute approximate surface area is 113 Å². The second-order valence-electron chi connectivity index (χ2n) is 4.23. The number of anilines is 1. The lowest BCUT2D eigenvalue weighted by Gasteiger charge is -2.10. The first-order chi connectivity index (χ1) is 8.79. The largest absolute Gasteiger partial charge is 0.383 e. The van der Waals surface area contributed by atoms with E-state index in [1.807, 2.05) is 0 Å². The number of nitriles is 1. The molecule has 1 aliphatic carbocycles.